The monoisotopic (exact) mass is 261 g/mol. The van der Waals surface area contributed by atoms with Crippen LogP contribution in [0.5, 0.6) is 0 Å². The number of hydrazone groups is 1. The van der Waals surface area contributed by atoms with Crippen LogP contribution in [0.4, 0.5) is 5.13 Å². The topological polar surface area (TPSA) is 93.3 Å². The number of nitrogens with zero attached hydrogens (tertiary/aromatic N) is 3. The summed E-state index contributed by atoms with van der Waals surface area (Å²) in [5.41, 5.74) is 9.40. The summed E-state index contributed by atoms with van der Waals surface area (Å²) >= 11 is 1.14. The number of aryl methyl sites for hydroxylation is 1. The number of thiazole rings is 1. The molecule has 0 aliphatic carbocycles. The second-order valence-corrected chi connectivity index (χ2v) is 4.48. The Hall–Kier alpha value is -2.28. The highest BCUT2D eigenvalue weighted by Gasteiger charge is 2.12. The average molecular weight is 261 g/mol. The highest BCUT2D eigenvalue weighted by molar-refractivity contribution is 7.17. The molecule has 0 atom stereocenters. The Morgan fingerprint density at radius 3 is 2.83 bits per heavy atom. The summed E-state index contributed by atoms with van der Waals surface area (Å²) in [7, 11) is 0. The highest BCUT2D eigenvalue weighted by Crippen LogP contribution is 2.19. The molecule has 2 heterocycles. The molecule has 0 aliphatic heterocycles. The van der Waals surface area contributed by atoms with Crippen LogP contribution in [0.2, 0.25) is 0 Å². The van der Waals surface area contributed by atoms with Crippen molar-refractivity contribution in [1.82, 2.24) is 15.4 Å². The van der Waals surface area contributed by atoms with Crippen molar-refractivity contribution in [3.8, 4) is 0 Å². The molecule has 0 spiro atoms. The molecule has 0 radical (unpaired) electrons. The number of nitrogen functional groups attached to an aromatic ring is 1. The summed E-state index contributed by atoms with van der Waals surface area (Å²) in [6.45, 7) is 1.73. The van der Waals surface area contributed by atoms with Gasteiger partial charge in [-0.05, 0) is 24.6 Å². The maximum Gasteiger partial charge on any atom is 0.283 e. The first-order valence-electron chi connectivity index (χ1n) is 5.13. The van der Waals surface area contributed by atoms with Gasteiger partial charge in [-0.15, -0.1) is 0 Å². The number of amides is 1. The fraction of sp³-hybridized carbons (Fsp3) is 0.0909. The molecule has 2 aromatic rings. The number of anilines is 1. The van der Waals surface area contributed by atoms with Gasteiger partial charge in [0.15, 0.2) is 5.13 Å². The Kier molecular flexibility index (Phi) is 3.63. The lowest BCUT2D eigenvalue weighted by Gasteiger charge is -1.96. The number of nitrogens with two attached hydrogens (primary N) is 1. The molecule has 0 aromatic carbocycles. The first kappa shape index (κ1) is 12.2. The standard InChI is InChI=1S/C11H11N5OS/c1-7-9(18-11(12)15-7)10(17)16-14-6-8-2-4-13-5-3-8/h2-6H,1H3,(H2,12,15)(H,16,17)/b14-6-. The van der Waals surface area contributed by atoms with Crippen LogP contribution in [-0.2, 0) is 0 Å². The third-order valence-corrected chi connectivity index (χ3v) is 3.09. The van der Waals surface area contributed by atoms with Gasteiger partial charge in [-0.3, -0.25) is 9.78 Å². The molecule has 0 aliphatic rings. The van der Waals surface area contributed by atoms with Gasteiger partial charge in [0.25, 0.3) is 5.91 Å². The molecule has 18 heavy (non-hydrogen) atoms. The van der Waals surface area contributed by atoms with Crippen molar-refractivity contribution in [2.45, 2.75) is 6.92 Å². The smallest absolute Gasteiger partial charge is 0.283 e. The molecule has 0 unspecified atom stereocenters. The van der Waals surface area contributed by atoms with Crippen molar-refractivity contribution >= 4 is 28.6 Å². The summed E-state index contributed by atoms with van der Waals surface area (Å²) in [6.07, 6.45) is 4.84. The van der Waals surface area contributed by atoms with Crippen molar-refractivity contribution < 1.29 is 4.79 Å². The van der Waals surface area contributed by atoms with Gasteiger partial charge in [0.1, 0.15) is 4.88 Å². The zero-order chi connectivity index (χ0) is 13.0. The van der Waals surface area contributed by atoms with Crippen LogP contribution in [0.15, 0.2) is 29.6 Å². The molecular weight excluding hydrogens is 250 g/mol. The first-order chi connectivity index (χ1) is 8.66. The van der Waals surface area contributed by atoms with E-state index in [1.54, 1.807) is 37.7 Å². The average Bonchev–Trinajstić information content (AvgIpc) is 2.70. The molecule has 1 amide bonds. The number of pyridine rings is 1. The van der Waals surface area contributed by atoms with Crippen LogP contribution in [0.25, 0.3) is 0 Å². The summed E-state index contributed by atoms with van der Waals surface area (Å²) in [4.78, 5) is 20.1. The van der Waals surface area contributed by atoms with E-state index in [1.807, 2.05) is 0 Å². The second kappa shape index (κ2) is 5.37. The van der Waals surface area contributed by atoms with Crippen LogP contribution in [0.3, 0.4) is 0 Å². The number of hydrogen-bond acceptors (Lipinski definition) is 6. The quantitative estimate of drug-likeness (QED) is 0.641. The number of aromatic nitrogens is 2. The Bertz CT molecular complexity index is 578. The molecule has 0 saturated carbocycles. The van der Waals surface area contributed by atoms with E-state index in [4.69, 9.17) is 5.73 Å². The van der Waals surface area contributed by atoms with E-state index in [9.17, 15) is 4.79 Å². The fourth-order valence-corrected chi connectivity index (χ4v) is 2.02. The van der Waals surface area contributed by atoms with E-state index < -0.39 is 0 Å². The van der Waals surface area contributed by atoms with Crippen LogP contribution in [0.1, 0.15) is 20.9 Å². The second-order valence-electron chi connectivity index (χ2n) is 3.45. The largest absolute Gasteiger partial charge is 0.375 e. The molecule has 0 saturated heterocycles. The molecule has 0 fully saturated rings. The van der Waals surface area contributed by atoms with E-state index in [-0.39, 0.29) is 5.91 Å². The van der Waals surface area contributed by atoms with E-state index in [1.165, 1.54) is 0 Å². The number of carbonyl (C=O) groups is 1. The van der Waals surface area contributed by atoms with Gasteiger partial charge in [0.2, 0.25) is 0 Å². The fourth-order valence-electron chi connectivity index (χ4n) is 1.29. The Balaban J connectivity index is 2.01. The molecule has 2 aromatic heterocycles. The van der Waals surface area contributed by atoms with Gasteiger partial charge in [-0.25, -0.2) is 10.4 Å². The van der Waals surface area contributed by atoms with Gasteiger partial charge in [0.05, 0.1) is 11.9 Å². The summed E-state index contributed by atoms with van der Waals surface area (Å²) < 4.78 is 0. The third-order valence-electron chi connectivity index (χ3n) is 2.11. The number of hydrogen-bond donors (Lipinski definition) is 2. The minimum absolute atomic E-state index is 0.313. The molecule has 6 nitrogen and oxygen atoms in total. The lowest BCUT2D eigenvalue weighted by Crippen LogP contribution is -2.17. The van der Waals surface area contributed by atoms with Crippen molar-refractivity contribution in [3.63, 3.8) is 0 Å². The highest BCUT2D eigenvalue weighted by atomic mass is 32.1. The molecule has 92 valence electrons. The maximum atomic E-state index is 11.7. The van der Waals surface area contributed by atoms with Crippen LogP contribution in [0, 0.1) is 6.92 Å². The molecule has 7 heteroatoms. The van der Waals surface area contributed by atoms with E-state index in [0.29, 0.717) is 15.7 Å². The van der Waals surface area contributed by atoms with E-state index in [2.05, 4.69) is 20.5 Å². The van der Waals surface area contributed by atoms with Gasteiger partial charge in [0, 0.05) is 12.4 Å². The lowest BCUT2D eigenvalue weighted by atomic mass is 10.3. The maximum absolute atomic E-state index is 11.7. The lowest BCUT2D eigenvalue weighted by molar-refractivity contribution is 0.0958. The van der Waals surface area contributed by atoms with Gasteiger partial charge in [-0.2, -0.15) is 5.10 Å². The molecular formula is C11H11N5OS. The normalized spacial score (nSPS) is 10.7. The minimum Gasteiger partial charge on any atom is -0.375 e. The van der Waals surface area contributed by atoms with Gasteiger partial charge < -0.3 is 5.73 Å². The van der Waals surface area contributed by atoms with E-state index >= 15 is 0 Å². The van der Waals surface area contributed by atoms with Crippen LogP contribution in [-0.4, -0.2) is 22.1 Å². The predicted molar refractivity (Wildman–Crippen MR) is 70.6 cm³/mol. The molecule has 3 N–H and O–H groups in total. The van der Waals surface area contributed by atoms with Gasteiger partial charge in [-0.1, -0.05) is 11.3 Å². The van der Waals surface area contributed by atoms with Crippen LogP contribution >= 0.6 is 11.3 Å². The number of nitrogens with one attached hydrogen (secondary N) is 1. The SMILES string of the molecule is Cc1nc(N)sc1C(=O)N/N=C\c1ccncc1. The predicted octanol–water partition coefficient (Wildman–Crippen LogP) is 1.19. The Labute approximate surface area is 108 Å². The molecule has 0 bridgehead atoms. The summed E-state index contributed by atoms with van der Waals surface area (Å²) in [5.74, 6) is -0.313. The van der Waals surface area contributed by atoms with Crippen molar-refractivity contribution in [3.05, 3.63) is 40.7 Å². The first-order valence-corrected chi connectivity index (χ1v) is 5.95. The number of carbonyl (C=O) groups excluding carboxylic acids is 1. The zero-order valence-corrected chi connectivity index (χ0v) is 10.4. The minimum atomic E-state index is -0.313. The third kappa shape index (κ3) is 2.89. The Morgan fingerprint density at radius 2 is 2.22 bits per heavy atom. The van der Waals surface area contributed by atoms with Crippen molar-refractivity contribution in [1.29, 1.82) is 0 Å². The Morgan fingerprint density at radius 1 is 1.50 bits per heavy atom. The summed E-state index contributed by atoms with van der Waals surface area (Å²) in [5, 5.41) is 4.23. The molecule has 2 rings (SSSR count). The van der Waals surface area contributed by atoms with E-state index in [0.717, 1.165) is 16.9 Å². The van der Waals surface area contributed by atoms with Crippen molar-refractivity contribution in [2.24, 2.45) is 5.10 Å². The zero-order valence-electron chi connectivity index (χ0n) is 9.62. The number of rotatable bonds is 3. The summed E-state index contributed by atoms with van der Waals surface area (Å²) in [6, 6.07) is 3.57. The van der Waals surface area contributed by atoms with Gasteiger partial charge >= 0.3 is 0 Å². The van der Waals surface area contributed by atoms with Crippen molar-refractivity contribution in [2.75, 3.05) is 5.73 Å². The van der Waals surface area contributed by atoms with Crippen LogP contribution < -0.4 is 11.2 Å².